The Morgan fingerprint density at radius 3 is 3.21 bits per heavy atom. The van der Waals surface area contributed by atoms with E-state index in [0.29, 0.717) is 5.75 Å². The molecule has 0 fully saturated rings. The first kappa shape index (κ1) is 13.4. The van der Waals surface area contributed by atoms with Crippen LogP contribution in [-0.2, 0) is 11.2 Å². The Bertz CT molecular complexity index is 508. The number of fused-ring (bicyclic) bond motifs is 1. The number of ether oxygens (including phenoxy) is 1. The number of nitriles is 1. The molecule has 1 aromatic carbocycles. The van der Waals surface area contributed by atoms with E-state index in [0.717, 1.165) is 30.4 Å². The van der Waals surface area contributed by atoms with Crippen molar-refractivity contribution in [3.05, 3.63) is 29.3 Å². The summed E-state index contributed by atoms with van der Waals surface area (Å²) in [4.78, 5) is 11.3. The number of aryl methyl sites for hydroxylation is 1. The Labute approximate surface area is 111 Å². The molecule has 0 spiro atoms. The minimum atomic E-state index is -0.392. The van der Waals surface area contributed by atoms with E-state index in [1.165, 1.54) is 0 Å². The van der Waals surface area contributed by atoms with Gasteiger partial charge in [0.1, 0.15) is 12.3 Å². The van der Waals surface area contributed by atoms with Crippen LogP contribution in [0.4, 0.5) is 0 Å². The number of nitrogens with zero attached hydrogens (tertiary/aromatic N) is 1. The summed E-state index contributed by atoms with van der Waals surface area (Å²) in [5.41, 5.74) is 2.03. The third-order valence-electron chi connectivity index (χ3n) is 3.13. The van der Waals surface area contributed by atoms with Gasteiger partial charge in [0.15, 0.2) is 6.61 Å². The average molecular weight is 260 g/mol. The van der Waals surface area contributed by atoms with Gasteiger partial charge >= 0.3 is 0 Å². The van der Waals surface area contributed by atoms with Crippen LogP contribution in [0.2, 0.25) is 0 Å². The van der Waals surface area contributed by atoms with Crippen molar-refractivity contribution < 1.29 is 14.6 Å². The molecule has 1 atom stereocenters. The first-order valence-electron chi connectivity index (χ1n) is 6.28. The third-order valence-corrected chi connectivity index (χ3v) is 3.13. The molecule has 2 rings (SSSR count). The van der Waals surface area contributed by atoms with Crippen LogP contribution in [0.15, 0.2) is 18.2 Å². The number of aliphatic hydroxyl groups is 1. The van der Waals surface area contributed by atoms with Crippen LogP contribution >= 0.6 is 0 Å². The van der Waals surface area contributed by atoms with Crippen LogP contribution < -0.4 is 10.1 Å². The number of hydrogen-bond donors (Lipinski definition) is 2. The number of hydrogen-bond acceptors (Lipinski definition) is 4. The summed E-state index contributed by atoms with van der Waals surface area (Å²) in [6.45, 7) is -0.123. The van der Waals surface area contributed by atoms with Crippen LogP contribution in [0, 0.1) is 11.3 Å². The van der Waals surface area contributed by atoms with Crippen molar-refractivity contribution >= 4 is 5.91 Å². The van der Waals surface area contributed by atoms with Crippen LogP contribution in [0.25, 0.3) is 0 Å². The Hall–Kier alpha value is -2.06. The maximum Gasteiger partial charge on any atom is 0.258 e. The lowest BCUT2D eigenvalue weighted by atomic mass is 9.89. The van der Waals surface area contributed by atoms with Gasteiger partial charge in [-0.3, -0.25) is 4.79 Å². The Kier molecular flexibility index (Phi) is 4.37. The molecule has 0 radical (unpaired) electrons. The summed E-state index contributed by atoms with van der Waals surface area (Å²) in [6.07, 6.45) is 2.28. The smallest absolute Gasteiger partial charge is 0.258 e. The highest BCUT2D eigenvalue weighted by Crippen LogP contribution is 2.31. The second-order valence-electron chi connectivity index (χ2n) is 4.49. The highest BCUT2D eigenvalue weighted by molar-refractivity contribution is 5.77. The Balaban J connectivity index is 1.95. The number of aliphatic hydroxyl groups excluding tert-OH is 1. The molecule has 5 heteroatoms. The number of amides is 1. The fraction of sp³-hybridized carbons (Fsp3) is 0.429. The lowest BCUT2D eigenvalue weighted by molar-refractivity contribution is -0.122. The van der Waals surface area contributed by atoms with Gasteiger partial charge in [-0.1, -0.05) is 6.07 Å². The molecule has 0 aromatic heterocycles. The highest BCUT2D eigenvalue weighted by atomic mass is 16.5. The van der Waals surface area contributed by atoms with Crippen molar-refractivity contribution in [3.8, 4) is 11.8 Å². The maximum absolute atomic E-state index is 11.3. The first-order chi connectivity index (χ1) is 9.20. The van der Waals surface area contributed by atoms with E-state index < -0.39 is 6.10 Å². The van der Waals surface area contributed by atoms with Crippen LogP contribution in [-0.4, -0.2) is 24.2 Å². The second kappa shape index (κ2) is 6.21. The number of rotatable bonds is 4. The summed E-state index contributed by atoms with van der Waals surface area (Å²) in [5.74, 6) is 0.291. The summed E-state index contributed by atoms with van der Waals surface area (Å²) >= 11 is 0. The van der Waals surface area contributed by atoms with E-state index in [9.17, 15) is 9.90 Å². The van der Waals surface area contributed by atoms with Gasteiger partial charge in [-0.05, 0) is 42.5 Å². The zero-order chi connectivity index (χ0) is 13.7. The number of carbonyl (C=O) groups is 1. The van der Waals surface area contributed by atoms with Crippen molar-refractivity contribution in [3.63, 3.8) is 0 Å². The number of carbonyl (C=O) groups excluding carboxylic acids is 1. The average Bonchev–Trinajstić information content (AvgIpc) is 2.43. The third kappa shape index (κ3) is 3.46. The number of nitrogens with one attached hydrogen (secondary N) is 1. The van der Waals surface area contributed by atoms with Gasteiger partial charge in [-0.2, -0.15) is 5.26 Å². The zero-order valence-electron chi connectivity index (χ0n) is 10.6. The summed E-state index contributed by atoms with van der Waals surface area (Å²) in [7, 11) is 0. The molecule has 1 aromatic rings. The minimum Gasteiger partial charge on any atom is -0.484 e. The SMILES string of the molecule is N#CCNC(=O)COc1ccc2c(c1)CCCC2O. The van der Waals surface area contributed by atoms with Crippen molar-refractivity contribution in [1.29, 1.82) is 5.26 Å². The molecule has 0 aliphatic heterocycles. The molecule has 2 N–H and O–H groups in total. The van der Waals surface area contributed by atoms with Gasteiger partial charge < -0.3 is 15.2 Å². The van der Waals surface area contributed by atoms with E-state index in [1.807, 2.05) is 18.2 Å². The zero-order valence-corrected chi connectivity index (χ0v) is 10.6. The quantitative estimate of drug-likeness (QED) is 0.793. The fourth-order valence-corrected chi connectivity index (χ4v) is 2.19. The second-order valence-corrected chi connectivity index (χ2v) is 4.49. The molecule has 0 saturated heterocycles. The molecule has 19 heavy (non-hydrogen) atoms. The van der Waals surface area contributed by atoms with Gasteiger partial charge in [0, 0.05) is 0 Å². The molecule has 1 aliphatic rings. The van der Waals surface area contributed by atoms with E-state index in [2.05, 4.69) is 5.32 Å². The van der Waals surface area contributed by atoms with E-state index in [4.69, 9.17) is 10.00 Å². The summed E-state index contributed by atoms with van der Waals surface area (Å²) < 4.78 is 5.36. The lowest BCUT2D eigenvalue weighted by Gasteiger charge is -2.21. The predicted molar refractivity (Wildman–Crippen MR) is 68.5 cm³/mol. The minimum absolute atomic E-state index is 0.0153. The molecular weight excluding hydrogens is 244 g/mol. The van der Waals surface area contributed by atoms with Gasteiger partial charge in [-0.15, -0.1) is 0 Å². The molecule has 1 unspecified atom stereocenters. The first-order valence-corrected chi connectivity index (χ1v) is 6.28. The predicted octanol–water partition coefficient (Wildman–Crippen LogP) is 1.07. The highest BCUT2D eigenvalue weighted by Gasteiger charge is 2.18. The fourth-order valence-electron chi connectivity index (χ4n) is 2.19. The molecule has 5 nitrogen and oxygen atoms in total. The standard InChI is InChI=1S/C14H16N2O3/c15-6-7-16-14(18)9-19-11-4-5-12-10(8-11)2-1-3-13(12)17/h4-5,8,13,17H,1-3,7,9H2,(H,16,18). The summed E-state index contributed by atoms with van der Waals surface area (Å²) in [6, 6.07) is 7.30. The monoisotopic (exact) mass is 260 g/mol. The maximum atomic E-state index is 11.3. The van der Waals surface area contributed by atoms with E-state index in [-0.39, 0.29) is 19.1 Å². The Morgan fingerprint density at radius 2 is 2.42 bits per heavy atom. The van der Waals surface area contributed by atoms with Gasteiger partial charge in [-0.25, -0.2) is 0 Å². The van der Waals surface area contributed by atoms with Gasteiger partial charge in [0.05, 0.1) is 12.2 Å². The van der Waals surface area contributed by atoms with Crippen molar-refractivity contribution in [2.45, 2.75) is 25.4 Å². The van der Waals surface area contributed by atoms with Crippen LogP contribution in [0.5, 0.6) is 5.75 Å². The number of benzene rings is 1. The van der Waals surface area contributed by atoms with E-state index in [1.54, 1.807) is 6.07 Å². The van der Waals surface area contributed by atoms with Crippen LogP contribution in [0.1, 0.15) is 30.1 Å². The lowest BCUT2D eigenvalue weighted by Crippen LogP contribution is -2.29. The largest absolute Gasteiger partial charge is 0.484 e. The molecule has 1 amide bonds. The molecule has 100 valence electrons. The topological polar surface area (TPSA) is 82.4 Å². The van der Waals surface area contributed by atoms with Gasteiger partial charge in [0.2, 0.25) is 0 Å². The van der Waals surface area contributed by atoms with Crippen LogP contribution in [0.3, 0.4) is 0 Å². The molecule has 0 saturated carbocycles. The van der Waals surface area contributed by atoms with Crippen molar-refractivity contribution in [1.82, 2.24) is 5.32 Å². The van der Waals surface area contributed by atoms with E-state index >= 15 is 0 Å². The molecule has 0 bridgehead atoms. The molecular formula is C14H16N2O3. The molecule has 0 heterocycles. The molecule has 1 aliphatic carbocycles. The van der Waals surface area contributed by atoms with Gasteiger partial charge in [0.25, 0.3) is 5.91 Å². The van der Waals surface area contributed by atoms with Crippen molar-refractivity contribution in [2.75, 3.05) is 13.2 Å². The Morgan fingerprint density at radius 1 is 1.58 bits per heavy atom. The summed E-state index contributed by atoms with van der Waals surface area (Å²) in [5, 5.41) is 20.6. The van der Waals surface area contributed by atoms with Crippen molar-refractivity contribution in [2.24, 2.45) is 0 Å². The normalized spacial score (nSPS) is 17.2.